The van der Waals surface area contributed by atoms with Crippen molar-refractivity contribution in [3.05, 3.63) is 60.2 Å². The van der Waals surface area contributed by atoms with Crippen molar-refractivity contribution in [3.63, 3.8) is 0 Å². The Bertz CT molecular complexity index is 869. The number of methoxy groups -OCH3 is 1. The first kappa shape index (κ1) is 18.4. The van der Waals surface area contributed by atoms with Crippen molar-refractivity contribution in [1.29, 1.82) is 0 Å². The number of carbonyl (C=O) groups is 3. The van der Waals surface area contributed by atoms with E-state index in [1.807, 2.05) is 25.1 Å². The number of nitrogens with zero attached hydrogens (tertiary/aromatic N) is 1. The van der Waals surface area contributed by atoms with E-state index >= 15 is 0 Å². The maximum absolute atomic E-state index is 13.0. The Hall–Kier alpha value is -3.35. The average Bonchev–Trinajstić information content (AvgIpc) is 2.94. The van der Waals surface area contributed by atoms with Crippen LogP contribution in [0.15, 0.2) is 54.6 Å². The molecule has 1 aliphatic heterocycles. The van der Waals surface area contributed by atoms with Gasteiger partial charge in [-0.2, -0.15) is 0 Å². The highest BCUT2D eigenvalue weighted by atomic mass is 16.5. The number of urea groups is 1. The number of amides is 4. The van der Waals surface area contributed by atoms with E-state index in [2.05, 4.69) is 10.6 Å². The van der Waals surface area contributed by atoms with Crippen LogP contribution in [0.3, 0.4) is 0 Å². The van der Waals surface area contributed by atoms with E-state index in [0.717, 1.165) is 4.90 Å². The number of anilines is 1. The van der Waals surface area contributed by atoms with Crippen molar-refractivity contribution in [2.75, 3.05) is 19.0 Å². The molecule has 1 saturated heterocycles. The molecule has 27 heavy (non-hydrogen) atoms. The summed E-state index contributed by atoms with van der Waals surface area (Å²) in [6.07, 6.45) is 0.385. The van der Waals surface area contributed by atoms with Gasteiger partial charge in [-0.1, -0.05) is 43.3 Å². The fourth-order valence-corrected chi connectivity index (χ4v) is 3.18. The monoisotopic (exact) mass is 367 g/mol. The summed E-state index contributed by atoms with van der Waals surface area (Å²) >= 11 is 0. The van der Waals surface area contributed by atoms with Crippen molar-refractivity contribution in [1.82, 2.24) is 10.2 Å². The van der Waals surface area contributed by atoms with E-state index in [-0.39, 0.29) is 6.54 Å². The number of rotatable bonds is 6. The van der Waals surface area contributed by atoms with Crippen LogP contribution in [0.4, 0.5) is 10.5 Å². The Morgan fingerprint density at radius 1 is 1.15 bits per heavy atom. The standard InChI is InChI=1S/C20H21N3O4/c1-3-20(14-8-5-4-6-9-14)18(25)23(19(26)22-20)13-17(24)21-15-10-7-11-16(12-15)27-2/h4-12H,3,13H2,1-2H3,(H,21,24)(H,22,26)/t20-/m0/s1. The van der Waals surface area contributed by atoms with Crippen LogP contribution in [0.25, 0.3) is 0 Å². The molecule has 2 N–H and O–H groups in total. The number of ether oxygens (including phenoxy) is 1. The first-order chi connectivity index (χ1) is 13.0. The van der Waals surface area contributed by atoms with Crippen LogP contribution in [-0.2, 0) is 15.1 Å². The van der Waals surface area contributed by atoms with Gasteiger partial charge in [-0.25, -0.2) is 4.79 Å². The highest BCUT2D eigenvalue weighted by Crippen LogP contribution is 2.32. The molecule has 7 nitrogen and oxygen atoms in total. The lowest BCUT2D eigenvalue weighted by molar-refractivity contribution is -0.134. The number of nitrogens with one attached hydrogen (secondary N) is 2. The van der Waals surface area contributed by atoms with Crippen molar-refractivity contribution in [2.24, 2.45) is 0 Å². The molecule has 0 aliphatic carbocycles. The normalized spacial score (nSPS) is 19.0. The molecule has 3 rings (SSSR count). The highest BCUT2D eigenvalue weighted by molar-refractivity contribution is 6.10. The van der Waals surface area contributed by atoms with Crippen LogP contribution in [0.2, 0.25) is 0 Å². The molecule has 1 aliphatic rings. The third kappa shape index (κ3) is 3.48. The first-order valence-electron chi connectivity index (χ1n) is 8.63. The van der Waals surface area contributed by atoms with Gasteiger partial charge in [0.15, 0.2) is 0 Å². The van der Waals surface area contributed by atoms with Crippen LogP contribution in [0, 0.1) is 0 Å². The average molecular weight is 367 g/mol. The third-order valence-corrected chi connectivity index (χ3v) is 4.63. The molecule has 0 saturated carbocycles. The molecule has 1 fully saturated rings. The van der Waals surface area contributed by atoms with E-state index in [0.29, 0.717) is 23.4 Å². The molecule has 0 radical (unpaired) electrons. The molecule has 1 heterocycles. The molecule has 1 atom stereocenters. The smallest absolute Gasteiger partial charge is 0.325 e. The molecule has 140 valence electrons. The van der Waals surface area contributed by atoms with Gasteiger partial charge in [-0.3, -0.25) is 14.5 Å². The summed E-state index contributed by atoms with van der Waals surface area (Å²) in [7, 11) is 1.53. The minimum atomic E-state index is -1.14. The number of carbonyl (C=O) groups excluding carboxylic acids is 3. The topological polar surface area (TPSA) is 87.7 Å². The second kappa shape index (κ2) is 7.49. The number of imide groups is 1. The Balaban J connectivity index is 1.76. The summed E-state index contributed by atoms with van der Waals surface area (Å²) in [5, 5.41) is 5.44. The predicted molar refractivity (Wildman–Crippen MR) is 100 cm³/mol. The molecule has 2 aromatic rings. The van der Waals surface area contributed by atoms with Crippen molar-refractivity contribution in [2.45, 2.75) is 18.9 Å². The Labute approximate surface area is 157 Å². The Morgan fingerprint density at radius 2 is 1.89 bits per heavy atom. The lowest BCUT2D eigenvalue weighted by Gasteiger charge is -2.25. The molecule has 0 aromatic heterocycles. The van der Waals surface area contributed by atoms with Gasteiger partial charge in [0, 0.05) is 11.8 Å². The highest BCUT2D eigenvalue weighted by Gasteiger charge is 2.51. The van der Waals surface area contributed by atoms with Crippen molar-refractivity contribution in [3.8, 4) is 5.75 Å². The fourth-order valence-electron chi connectivity index (χ4n) is 3.18. The summed E-state index contributed by atoms with van der Waals surface area (Å²) in [6, 6.07) is 15.3. The van der Waals surface area contributed by atoms with Crippen molar-refractivity contribution >= 4 is 23.5 Å². The zero-order valence-corrected chi connectivity index (χ0v) is 15.2. The molecule has 7 heteroatoms. The number of hydrogen-bond donors (Lipinski definition) is 2. The second-order valence-electron chi connectivity index (χ2n) is 6.23. The van der Waals surface area contributed by atoms with Crippen LogP contribution < -0.4 is 15.4 Å². The first-order valence-corrected chi connectivity index (χ1v) is 8.63. The van der Waals surface area contributed by atoms with Crippen molar-refractivity contribution < 1.29 is 19.1 Å². The van der Waals surface area contributed by atoms with Gasteiger partial charge in [0.1, 0.15) is 17.8 Å². The van der Waals surface area contributed by atoms with E-state index < -0.39 is 23.4 Å². The molecular formula is C20H21N3O4. The minimum Gasteiger partial charge on any atom is -0.497 e. The van der Waals surface area contributed by atoms with Gasteiger partial charge in [-0.05, 0) is 24.1 Å². The van der Waals surface area contributed by atoms with Gasteiger partial charge in [0.05, 0.1) is 7.11 Å². The SMILES string of the molecule is CC[C@@]1(c2ccccc2)NC(=O)N(CC(=O)Nc2cccc(OC)c2)C1=O. The van der Waals surface area contributed by atoms with Crippen LogP contribution >= 0.6 is 0 Å². The summed E-state index contributed by atoms with van der Waals surface area (Å²) < 4.78 is 5.11. The largest absolute Gasteiger partial charge is 0.497 e. The molecule has 0 unspecified atom stereocenters. The van der Waals surface area contributed by atoms with Crippen LogP contribution in [0.5, 0.6) is 5.75 Å². The lowest BCUT2D eigenvalue weighted by atomic mass is 9.87. The molecule has 4 amide bonds. The predicted octanol–water partition coefficient (Wildman–Crippen LogP) is 2.49. The van der Waals surface area contributed by atoms with E-state index in [4.69, 9.17) is 4.74 Å². The molecule has 0 bridgehead atoms. The number of benzene rings is 2. The lowest BCUT2D eigenvalue weighted by Crippen LogP contribution is -2.44. The van der Waals surface area contributed by atoms with E-state index in [1.54, 1.807) is 36.4 Å². The third-order valence-electron chi connectivity index (χ3n) is 4.63. The van der Waals surface area contributed by atoms with Gasteiger partial charge in [-0.15, -0.1) is 0 Å². The number of hydrogen-bond acceptors (Lipinski definition) is 4. The van der Waals surface area contributed by atoms with Crippen LogP contribution in [0.1, 0.15) is 18.9 Å². The fraction of sp³-hybridized carbons (Fsp3) is 0.250. The van der Waals surface area contributed by atoms with Gasteiger partial charge >= 0.3 is 6.03 Å². The van der Waals surface area contributed by atoms with E-state index in [9.17, 15) is 14.4 Å². The Morgan fingerprint density at radius 3 is 2.56 bits per heavy atom. The maximum Gasteiger partial charge on any atom is 0.325 e. The quantitative estimate of drug-likeness (QED) is 0.768. The van der Waals surface area contributed by atoms with Crippen LogP contribution in [-0.4, -0.2) is 36.4 Å². The second-order valence-corrected chi connectivity index (χ2v) is 6.23. The zero-order valence-electron chi connectivity index (χ0n) is 15.2. The summed E-state index contributed by atoms with van der Waals surface area (Å²) in [5.74, 6) is -0.300. The minimum absolute atomic E-state index is 0.365. The summed E-state index contributed by atoms with van der Waals surface area (Å²) in [6.45, 7) is 1.46. The molecule has 2 aromatic carbocycles. The van der Waals surface area contributed by atoms with Gasteiger partial charge in [0.2, 0.25) is 5.91 Å². The maximum atomic E-state index is 13.0. The van der Waals surface area contributed by atoms with E-state index in [1.165, 1.54) is 7.11 Å². The molecular weight excluding hydrogens is 346 g/mol. The Kier molecular flexibility index (Phi) is 5.12. The van der Waals surface area contributed by atoms with Gasteiger partial charge in [0.25, 0.3) is 5.91 Å². The van der Waals surface area contributed by atoms with Gasteiger partial charge < -0.3 is 15.4 Å². The summed E-state index contributed by atoms with van der Waals surface area (Å²) in [4.78, 5) is 38.7. The summed E-state index contributed by atoms with van der Waals surface area (Å²) in [5.41, 5.74) is 0.0759. The zero-order chi connectivity index (χ0) is 19.4. The molecule has 0 spiro atoms.